The van der Waals surface area contributed by atoms with E-state index >= 15 is 0 Å². The van der Waals surface area contributed by atoms with E-state index in [1.54, 1.807) is 18.2 Å². The van der Waals surface area contributed by atoms with E-state index in [0.29, 0.717) is 5.69 Å². The molecule has 2 aromatic carbocycles. The average molecular weight is 291 g/mol. The smallest absolute Gasteiger partial charge is 0.143 e. The van der Waals surface area contributed by atoms with Crippen molar-refractivity contribution < 1.29 is 5.11 Å². The third-order valence-corrected chi connectivity index (χ3v) is 2.74. The fourth-order valence-corrected chi connectivity index (χ4v) is 1.65. The molecule has 0 atom stereocenters. The Hall–Kier alpha value is -1.68. The molecule has 0 aliphatic rings. The summed E-state index contributed by atoms with van der Waals surface area (Å²) in [5, 5.41) is 17.7. The van der Waals surface area contributed by atoms with Crippen molar-refractivity contribution in [1.29, 1.82) is 0 Å². The minimum absolute atomic E-state index is 0.115. The summed E-state index contributed by atoms with van der Waals surface area (Å²) in [7, 11) is 0. The van der Waals surface area contributed by atoms with Gasteiger partial charge in [-0.2, -0.15) is 5.11 Å². The number of phenols is 1. The SMILES string of the molecule is Cc1ccc(N=Nc2cc(Br)ccc2O)cc1. The molecule has 0 fully saturated rings. The maximum atomic E-state index is 9.58. The Morgan fingerprint density at radius 2 is 1.71 bits per heavy atom. The number of benzene rings is 2. The summed E-state index contributed by atoms with van der Waals surface area (Å²) < 4.78 is 0.855. The van der Waals surface area contributed by atoms with E-state index in [-0.39, 0.29) is 5.75 Å². The van der Waals surface area contributed by atoms with Crippen LogP contribution in [0.1, 0.15) is 5.56 Å². The van der Waals surface area contributed by atoms with Crippen LogP contribution in [0.2, 0.25) is 0 Å². The summed E-state index contributed by atoms with van der Waals surface area (Å²) in [6, 6.07) is 12.7. The number of azo groups is 1. The van der Waals surface area contributed by atoms with Gasteiger partial charge in [-0.1, -0.05) is 33.6 Å². The fourth-order valence-electron chi connectivity index (χ4n) is 1.30. The molecule has 0 aliphatic carbocycles. The van der Waals surface area contributed by atoms with Crippen LogP contribution in [0.4, 0.5) is 11.4 Å². The van der Waals surface area contributed by atoms with E-state index in [4.69, 9.17) is 0 Å². The number of rotatable bonds is 2. The zero-order chi connectivity index (χ0) is 12.3. The van der Waals surface area contributed by atoms with Crippen LogP contribution in [0.5, 0.6) is 5.75 Å². The Bertz CT molecular complexity index is 550. The van der Waals surface area contributed by atoms with Gasteiger partial charge in [0.25, 0.3) is 0 Å². The lowest BCUT2D eigenvalue weighted by atomic mass is 10.2. The van der Waals surface area contributed by atoms with Gasteiger partial charge in [0, 0.05) is 4.47 Å². The number of hydrogen-bond donors (Lipinski definition) is 1. The van der Waals surface area contributed by atoms with Crippen molar-refractivity contribution in [3.8, 4) is 5.75 Å². The van der Waals surface area contributed by atoms with Gasteiger partial charge in [0.1, 0.15) is 11.4 Å². The molecule has 86 valence electrons. The minimum atomic E-state index is 0.115. The maximum Gasteiger partial charge on any atom is 0.143 e. The third-order valence-electron chi connectivity index (χ3n) is 2.24. The van der Waals surface area contributed by atoms with E-state index < -0.39 is 0 Å². The summed E-state index contributed by atoms with van der Waals surface area (Å²) >= 11 is 3.32. The molecule has 17 heavy (non-hydrogen) atoms. The third kappa shape index (κ3) is 3.14. The first kappa shape index (κ1) is 11.8. The minimum Gasteiger partial charge on any atom is -0.506 e. The van der Waals surface area contributed by atoms with Gasteiger partial charge in [-0.25, -0.2) is 0 Å². The second-order valence-electron chi connectivity index (χ2n) is 3.67. The van der Waals surface area contributed by atoms with Gasteiger partial charge in [-0.15, -0.1) is 5.11 Å². The Labute approximate surface area is 108 Å². The van der Waals surface area contributed by atoms with Crippen LogP contribution < -0.4 is 0 Å². The zero-order valence-electron chi connectivity index (χ0n) is 9.26. The lowest BCUT2D eigenvalue weighted by Crippen LogP contribution is -1.70. The molecule has 2 aromatic rings. The van der Waals surface area contributed by atoms with Crippen LogP contribution in [0.3, 0.4) is 0 Å². The van der Waals surface area contributed by atoms with Crippen molar-refractivity contribution in [3.05, 3.63) is 52.5 Å². The first-order valence-electron chi connectivity index (χ1n) is 5.12. The second kappa shape index (κ2) is 5.10. The number of hydrogen-bond acceptors (Lipinski definition) is 3. The molecule has 2 rings (SSSR count). The summed E-state index contributed by atoms with van der Waals surface area (Å²) in [4.78, 5) is 0. The number of aromatic hydroxyl groups is 1. The van der Waals surface area contributed by atoms with E-state index in [1.807, 2.05) is 31.2 Å². The molecule has 0 aliphatic heterocycles. The Balaban J connectivity index is 2.25. The molecule has 0 amide bonds. The Morgan fingerprint density at radius 3 is 2.41 bits per heavy atom. The van der Waals surface area contributed by atoms with Crippen molar-refractivity contribution in [2.24, 2.45) is 10.2 Å². The van der Waals surface area contributed by atoms with Gasteiger partial charge in [0.05, 0.1) is 5.69 Å². The van der Waals surface area contributed by atoms with Crippen LogP contribution >= 0.6 is 15.9 Å². The maximum absolute atomic E-state index is 9.58. The van der Waals surface area contributed by atoms with Crippen molar-refractivity contribution in [3.63, 3.8) is 0 Å². The molecular weight excluding hydrogens is 280 g/mol. The molecule has 0 spiro atoms. The van der Waals surface area contributed by atoms with Crippen LogP contribution in [0.25, 0.3) is 0 Å². The van der Waals surface area contributed by atoms with Gasteiger partial charge >= 0.3 is 0 Å². The van der Waals surface area contributed by atoms with Gasteiger partial charge in [-0.3, -0.25) is 0 Å². The first-order valence-corrected chi connectivity index (χ1v) is 5.91. The normalized spacial score (nSPS) is 10.9. The number of halogens is 1. The van der Waals surface area contributed by atoms with Crippen LogP contribution in [-0.4, -0.2) is 5.11 Å². The van der Waals surface area contributed by atoms with E-state index in [2.05, 4.69) is 26.2 Å². The van der Waals surface area contributed by atoms with E-state index in [9.17, 15) is 5.11 Å². The van der Waals surface area contributed by atoms with Crippen LogP contribution in [0.15, 0.2) is 57.2 Å². The van der Waals surface area contributed by atoms with Crippen molar-refractivity contribution in [2.75, 3.05) is 0 Å². The molecule has 1 N–H and O–H groups in total. The number of phenolic OH excluding ortho intramolecular Hbond substituents is 1. The quantitative estimate of drug-likeness (QED) is 0.787. The standard InChI is InChI=1S/C13H11BrN2O/c1-9-2-5-11(6-3-9)15-16-12-8-10(14)4-7-13(12)17/h2-8,17H,1H3. The lowest BCUT2D eigenvalue weighted by Gasteiger charge is -1.98. The number of nitrogens with zero attached hydrogens (tertiary/aromatic N) is 2. The summed E-state index contributed by atoms with van der Waals surface area (Å²) in [6.45, 7) is 2.01. The highest BCUT2D eigenvalue weighted by molar-refractivity contribution is 9.10. The van der Waals surface area contributed by atoms with Gasteiger partial charge in [0.2, 0.25) is 0 Å². The number of aryl methyl sites for hydroxylation is 1. The van der Waals surface area contributed by atoms with Crippen molar-refractivity contribution in [2.45, 2.75) is 6.92 Å². The average Bonchev–Trinajstić information content (AvgIpc) is 2.32. The lowest BCUT2D eigenvalue weighted by molar-refractivity contribution is 0.476. The molecular formula is C13H11BrN2O. The molecule has 0 aromatic heterocycles. The topological polar surface area (TPSA) is 45.0 Å². The molecule has 0 saturated heterocycles. The molecule has 3 nitrogen and oxygen atoms in total. The highest BCUT2D eigenvalue weighted by Gasteiger charge is 1.99. The first-order chi connectivity index (χ1) is 8.15. The molecule has 0 heterocycles. The van der Waals surface area contributed by atoms with Crippen LogP contribution in [-0.2, 0) is 0 Å². The summed E-state index contributed by atoms with van der Waals surface area (Å²) in [6.07, 6.45) is 0. The fraction of sp³-hybridized carbons (Fsp3) is 0.0769. The molecule has 0 bridgehead atoms. The van der Waals surface area contributed by atoms with Gasteiger partial charge in [-0.05, 0) is 37.3 Å². The van der Waals surface area contributed by atoms with Gasteiger partial charge < -0.3 is 5.11 Å². The predicted molar refractivity (Wildman–Crippen MR) is 71.2 cm³/mol. The Morgan fingerprint density at radius 1 is 1.00 bits per heavy atom. The highest BCUT2D eigenvalue weighted by Crippen LogP contribution is 2.30. The summed E-state index contributed by atoms with van der Waals surface area (Å²) in [5.74, 6) is 0.115. The summed E-state index contributed by atoms with van der Waals surface area (Å²) in [5.41, 5.74) is 2.38. The van der Waals surface area contributed by atoms with Crippen molar-refractivity contribution in [1.82, 2.24) is 0 Å². The van der Waals surface area contributed by atoms with Gasteiger partial charge in [0.15, 0.2) is 0 Å². The van der Waals surface area contributed by atoms with E-state index in [1.165, 1.54) is 5.56 Å². The molecule has 0 unspecified atom stereocenters. The zero-order valence-corrected chi connectivity index (χ0v) is 10.8. The Kier molecular flexibility index (Phi) is 3.54. The largest absolute Gasteiger partial charge is 0.506 e. The predicted octanol–water partition coefficient (Wildman–Crippen LogP) is 4.88. The molecule has 4 heteroatoms. The highest BCUT2D eigenvalue weighted by atomic mass is 79.9. The monoisotopic (exact) mass is 290 g/mol. The van der Waals surface area contributed by atoms with Crippen molar-refractivity contribution >= 4 is 27.3 Å². The molecule has 0 saturated carbocycles. The second-order valence-corrected chi connectivity index (χ2v) is 4.58. The molecule has 0 radical (unpaired) electrons. The van der Waals surface area contributed by atoms with E-state index in [0.717, 1.165) is 10.2 Å². The van der Waals surface area contributed by atoms with Crippen LogP contribution in [0, 0.1) is 6.92 Å².